The maximum absolute atomic E-state index is 5.52. The van der Waals surface area contributed by atoms with E-state index in [0.29, 0.717) is 11.5 Å². The number of fused-ring (bicyclic) bond motifs is 1. The lowest BCUT2D eigenvalue weighted by atomic mass is 10.1. The summed E-state index contributed by atoms with van der Waals surface area (Å²) < 4.78 is 10.9. The van der Waals surface area contributed by atoms with E-state index in [-0.39, 0.29) is 13.2 Å². The number of terminal acetylenes is 2. The number of hydrogen-bond acceptors (Lipinski definition) is 2. The van der Waals surface area contributed by atoms with Crippen LogP contribution in [0.3, 0.4) is 0 Å². The first-order chi connectivity index (χ1) is 8.85. The number of rotatable bonds is 4. The van der Waals surface area contributed by atoms with Crippen molar-refractivity contribution in [3.63, 3.8) is 0 Å². The molecule has 0 saturated carbocycles. The predicted molar refractivity (Wildman–Crippen MR) is 72.6 cm³/mol. The second-order valence-corrected chi connectivity index (χ2v) is 3.63. The molecule has 0 atom stereocenters. The number of ether oxygens (including phenoxy) is 2. The topological polar surface area (TPSA) is 18.5 Å². The van der Waals surface area contributed by atoms with Crippen molar-refractivity contribution in [2.75, 3.05) is 13.2 Å². The normalized spacial score (nSPS) is 9.44. The standard InChI is InChI=1S/C16H12O2/c1-3-9-17-14-11-13-7-5-6-8-15(13)16(12-14)18-10-4-2/h1-2,5-8,11-12H,9-10H2. The summed E-state index contributed by atoms with van der Waals surface area (Å²) in [4.78, 5) is 0. The van der Waals surface area contributed by atoms with Crippen molar-refractivity contribution >= 4 is 10.8 Å². The van der Waals surface area contributed by atoms with Crippen molar-refractivity contribution in [1.82, 2.24) is 0 Å². The van der Waals surface area contributed by atoms with Gasteiger partial charge in [-0.05, 0) is 11.5 Å². The summed E-state index contributed by atoms with van der Waals surface area (Å²) in [6.07, 6.45) is 10.4. The van der Waals surface area contributed by atoms with Crippen molar-refractivity contribution in [3.8, 4) is 36.2 Å². The Labute approximate surface area is 107 Å². The average molecular weight is 236 g/mol. The highest BCUT2D eigenvalue weighted by molar-refractivity contribution is 5.89. The van der Waals surface area contributed by atoms with Gasteiger partial charge in [-0.15, -0.1) is 12.8 Å². The van der Waals surface area contributed by atoms with E-state index >= 15 is 0 Å². The second kappa shape index (κ2) is 5.66. The van der Waals surface area contributed by atoms with Gasteiger partial charge in [0, 0.05) is 11.5 Å². The van der Waals surface area contributed by atoms with Gasteiger partial charge in [0.2, 0.25) is 0 Å². The monoisotopic (exact) mass is 236 g/mol. The van der Waals surface area contributed by atoms with E-state index in [1.807, 2.05) is 30.3 Å². The zero-order valence-electron chi connectivity index (χ0n) is 9.85. The molecule has 0 bridgehead atoms. The Morgan fingerprint density at radius 3 is 2.44 bits per heavy atom. The van der Waals surface area contributed by atoms with Gasteiger partial charge in [-0.25, -0.2) is 0 Å². The molecule has 0 aliphatic heterocycles. The zero-order chi connectivity index (χ0) is 12.8. The molecular formula is C16H12O2. The molecule has 0 heterocycles. The van der Waals surface area contributed by atoms with Crippen LogP contribution in [-0.2, 0) is 0 Å². The summed E-state index contributed by atoms with van der Waals surface area (Å²) in [6.45, 7) is 0.454. The van der Waals surface area contributed by atoms with Crippen molar-refractivity contribution < 1.29 is 9.47 Å². The Hall–Kier alpha value is -2.58. The van der Waals surface area contributed by atoms with Crippen LogP contribution in [0.25, 0.3) is 10.8 Å². The molecule has 0 radical (unpaired) electrons. The van der Waals surface area contributed by atoms with Gasteiger partial charge in [0.1, 0.15) is 24.7 Å². The van der Waals surface area contributed by atoms with E-state index in [9.17, 15) is 0 Å². The van der Waals surface area contributed by atoms with Crippen LogP contribution in [0.2, 0.25) is 0 Å². The summed E-state index contributed by atoms with van der Waals surface area (Å²) in [5, 5.41) is 2.03. The molecule has 0 aromatic heterocycles. The van der Waals surface area contributed by atoms with Crippen molar-refractivity contribution in [3.05, 3.63) is 36.4 Å². The lowest BCUT2D eigenvalue weighted by Gasteiger charge is -2.10. The van der Waals surface area contributed by atoms with Crippen LogP contribution >= 0.6 is 0 Å². The van der Waals surface area contributed by atoms with Gasteiger partial charge in [-0.2, -0.15) is 0 Å². The van der Waals surface area contributed by atoms with Gasteiger partial charge in [0.25, 0.3) is 0 Å². The van der Waals surface area contributed by atoms with E-state index in [0.717, 1.165) is 10.8 Å². The minimum absolute atomic E-state index is 0.225. The highest BCUT2D eigenvalue weighted by atomic mass is 16.5. The Morgan fingerprint density at radius 1 is 0.944 bits per heavy atom. The van der Waals surface area contributed by atoms with Gasteiger partial charge >= 0.3 is 0 Å². The average Bonchev–Trinajstić information content (AvgIpc) is 2.42. The first-order valence-electron chi connectivity index (χ1n) is 5.50. The Morgan fingerprint density at radius 2 is 1.67 bits per heavy atom. The predicted octanol–water partition coefficient (Wildman–Crippen LogP) is 2.86. The largest absolute Gasteiger partial charge is 0.481 e. The fourth-order valence-corrected chi connectivity index (χ4v) is 1.70. The molecule has 0 spiro atoms. The molecular weight excluding hydrogens is 224 g/mol. The minimum atomic E-state index is 0.225. The van der Waals surface area contributed by atoms with Crippen LogP contribution in [0.15, 0.2) is 36.4 Å². The Balaban J connectivity index is 2.44. The molecule has 0 unspecified atom stereocenters. The molecule has 0 saturated heterocycles. The summed E-state index contributed by atoms with van der Waals surface area (Å²) in [5.41, 5.74) is 0. The third-order valence-corrected chi connectivity index (χ3v) is 2.43. The maximum Gasteiger partial charge on any atom is 0.148 e. The molecule has 0 N–H and O–H groups in total. The lowest BCUT2D eigenvalue weighted by molar-refractivity contribution is 0.355. The summed E-state index contributed by atoms with van der Waals surface area (Å²) in [5.74, 6) is 6.27. The minimum Gasteiger partial charge on any atom is -0.481 e. The first-order valence-corrected chi connectivity index (χ1v) is 5.50. The van der Waals surface area contributed by atoms with Gasteiger partial charge in [-0.3, -0.25) is 0 Å². The fourth-order valence-electron chi connectivity index (χ4n) is 1.70. The summed E-state index contributed by atoms with van der Waals surface area (Å²) in [6, 6.07) is 11.6. The molecule has 2 heteroatoms. The van der Waals surface area contributed by atoms with Crippen LogP contribution in [0.1, 0.15) is 0 Å². The molecule has 2 aromatic carbocycles. The molecule has 2 aromatic rings. The van der Waals surface area contributed by atoms with E-state index < -0.39 is 0 Å². The molecule has 0 amide bonds. The smallest absolute Gasteiger partial charge is 0.148 e. The molecule has 0 aliphatic rings. The molecule has 2 nitrogen and oxygen atoms in total. The van der Waals surface area contributed by atoms with Gasteiger partial charge in [-0.1, -0.05) is 36.1 Å². The SMILES string of the molecule is C#CCOc1cc(OCC#C)c2ccccc2c1. The van der Waals surface area contributed by atoms with Crippen LogP contribution in [-0.4, -0.2) is 13.2 Å². The van der Waals surface area contributed by atoms with Crippen LogP contribution < -0.4 is 9.47 Å². The van der Waals surface area contributed by atoms with E-state index in [2.05, 4.69) is 11.8 Å². The van der Waals surface area contributed by atoms with Crippen molar-refractivity contribution in [1.29, 1.82) is 0 Å². The maximum atomic E-state index is 5.52. The summed E-state index contributed by atoms with van der Waals surface area (Å²) >= 11 is 0. The Bertz CT molecular complexity index is 630. The quantitative estimate of drug-likeness (QED) is 0.760. The highest BCUT2D eigenvalue weighted by Crippen LogP contribution is 2.31. The highest BCUT2D eigenvalue weighted by Gasteiger charge is 2.05. The third kappa shape index (κ3) is 2.56. The van der Waals surface area contributed by atoms with Gasteiger partial charge in [0.15, 0.2) is 0 Å². The second-order valence-electron chi connectivity index (χ2n) is 3.63. The number of hydrogen-bond donors (Lipinski definition) is 0. The van der Waals surface area contributed by atoms with Crippen LogP contribution in [0.4, 0.5) is 0 Å². The van der Waals surface area contributed by atoms with Crippen LogP contribution in [0.5, 0.6) is 11.5 Å². The van der Waals surface area contributed by atoms with Crippen molar-refractivity contribution in [2.45, 2.75) is 0 Å². The lowest BCUT2D eigenvalue weighted by Crippen LogP contribution is -1.97. The molecule has 88 valence electrons. The third-order valence-electron chi connectivity index (χ3n) is 2.43. The van der Waals surface area contributed by atoms with Crippen LogP contribution in [0, 0.1) is 24.7 Å². The van der Waals surface area contributed by atoms with E-state index in [1.54, 1.807) is 6.07 Å². The number of benzene rings is 2. The molecule has 0 fully saturated rings. The Kier molecular flexibility index (Phi) is 3.74. The fraction of sp³-hybridized carbons (Fsp3) is 0.125. The van der Waals surface area contributed by atoms with E-state index in [4.69, 9.17) is 22.3 Å². The molecule has 2 rings (SSSR count). The van der Waals surface area contributed by atoms with Gasteiger partial charge in [0.05, 0.1) is 0 Å². The summed E-state index contributed by atoms with van der Waals surface area (Å²) in [7, 11) is 0. The zero-order valence-corrected chi connectivity index (χ0v) is 9.85. The van der Waals surface area contributed by atoms with E-state index in [1.165, 1.54) is 0 Å². The van der Waals surface area contributed by atoms with Gasteiger partial charge < -0.3 is 9.47 Å². The first kappa shape index (κ1) is 11.9. The van der Waals surface area contributed by atoms with Crippen molar-refractivity contribution in [2.24, 2.45) is 0 Å². The molecule has 0 aliphatic carbocycles. The molecule has 18 heavy (non-hydrogen) atoms.